The van der Waals surface area contributed by atoms with Gasteiger partial charge < -0.3 is 0 Å². The van der Waals surface area contributed by atoms with Gasteiger partial charge >= 0.3 is 0 Å². The van der Waals surface area contributed by atoms with Gasteiger partial charge in [0.05, 0.1) is 17.3 Å². The predicted molar refractivity (Wildman–Crippen MR) is 82.5 cm³/mol. The third kappa shape index (κ3) is 1.78. The van der Waals surface area contributed by atoms with Crippen molar-refractivity contribution in [2.75, 3.05) is 0 Å². The van der Waals surface area contributed by atoms with Gasteiger partial charge in [0.25, 0.3) is 0 Å². The molecule has 0 aliphatic carbocycles. The van der Waals surface area contributed by atoms with E-state index in [1.807, 2.05) is 25.1 Å². The molecular weight excluding hydrogens is 308 g/mol. The second-order valence-electron chi connectivity index (χ2n) is 4.69. The van der Waals surface area contributed by atoms with Crippen LogP contribution >= 0.6 is 23.8 Å². The molecule has 4 aromatic rings. The van der Waals surface area contributed by atoms with Crippen molar-refractivity contribution in [3.05, 3.63) is 46.1 Å². The SMILES string of the molecule is Cc1ccc(Cl)cc1-n1ncc2c1ncn1c(=S)[nH]nc21. The van der Waals surface area contributed by atoms with Crippen LogP contribution in [0.5, 0.6) is 0 Å². The zero-order valence-corrected chi connectivity index (χ0v) is 12.5. The summed E-state index contributed by atoms with van der Waals surface area (Å²) in [5.41, 5.74) is 3.37. The Hall–Kier alpha value is -2.25. The summed E-state index contributed by atoms with van der Waals surface area (Å²) < 4.78 is 3.98. The summed E-state index contributed by atoms with van der Waals surface area (Å²) in [5.74, 6) is 0. The van der Waals surface area contributed by atoms with Crippen molar-refractivity contribution in [2.45, 2.75) is 6.92 Å². The second kappa shape index (κ2) is 4.37. The van der Waals surface area contributed by atoms with Crippen molar-refractivity contribution in [3.8, 4) is 5.69 Å². The highest BCUT2D eigenvalue weighted by atomic mass is 35.5. The average Bonchev–Trinajstić information content (AvgIpc) is 3.05. The Labute approximate surface area is 129 Å². The number of aromatic nitrogens is 6. The normalized spacial score (nSPS) is 11.5. The minimum atomic E-state index is 0.506. The number of H-pyrrole nitrogens is 1. The van der Waals surface area contributed by atoms with E-state index in [9.17, 15) is 0 Å². The number of aromatic amines is 1. The van der Waals surface area contributed by atoms with Crippen molar-refractivity contribution in [1.82, 2.24) is 29.4 Å². The zero-order chi connectivity index (χ0) is 14.6. The summed E-state index contributed by atoms with van der Waals surface area (Å²) in [5, 5.41) is 12.9. The van der Waals surface area contributed by atoms with Crippen LogP contribution < -0.4 is 0 Å². The summed E-state index contributed by atoms with van der Waals surface area (Å²) in [6.45, 7) is 2.00. The fourth-order valence-corrected chi connectivity index (χ4v) is 2.67. The van der Waals surface area contributed by atoms with Gasteiger partial charge in [-0.25, -0.2) is 9.67 Å². The first-order valence-corrected chi connectivity index (χ1v) is 7.00. The van der Waals surface area contributed by atoms with Gasteiger partial charge in [-0.3, -0.25) is 9.50 Å². The standard InChI is InChI=1S/C13H9ClN6S/c1-7-2-3-8(14)4-10(7)20-11-9(5-16-20)12-17-18-13(21)19(12)6-15-11/h2-6H,1H3,(H,18,21). The molecule has 0 atom stereocenters. The highest BCUT2D eigenvalue weighted by Gasteiger charge is 2.13. The van der Waals surface area contributed by atoms with Crippen LogP contribution in [0, 0.1) is 11.7 Å². The molecule has 0 spiro atoms. The van der Waals surface area contributed by atoms with Crippen LogP contribution in [0.4, 0.5) is 0 Å². The van der Waals surface area contributed by atoms with Crippen molar-refractivity contribution >= 4 is 40.5 Å². The van der Waals surface area contributed by atoms with Crippen LogP contribution in [0.25, 0.3) is 22.4 Å². The first kappa shape index (κ1) is 12.5. The van der Waals surface area contributed by atoms with E-state index in [0.717, 1.165) is 16.6 Å². The largest absolute Gasteiger partial charge is 0.258 e. The van der Waals surface area contributed by atoms with Crippen LogP contribution in [0.1, 0.15) is 5.56 Å². The molecule has 6 nitrogen and oxygen atoms in total. The molecule has 104 valence electrons. The molecule has 4 rings (SSSR count). The first-order chi connectivity index (χ1) is 10.1. The van der Waals surface area contributed by atoms with E-state index in [2.05, 4.69) is 20.3 Å². The molecule has 0 saturated heterocycles. The number of aryl methyl sites for hydroxylation is 1. The van der Waals surface area contributed by atoms with Gasteiger partial charge in [0.2, 0.25) is 4.77 Å². The molecule has 0 amide bonds. The summed E-state index contributed by atoms with van der Waals surface area (Å²) in [6, 6.07) is 5.67. The number of hydrogen-bond donors (Lipinski definition) is 1. The fourth-order valence-electron chi connectivity index (χ4n) is 2.33. The molecule has 0 fully saturated rings. The van der Waals surface area contributed by atoms with E-state index >= 15 is 0 Å². The van der Waals surface area contributed by atoms with Crippen molar-refractivity contribution in [3.63, 3.8) is 0 Å². The Morgan fingerprint density at radius 3 is 3.00 bits per heavy atom. The molecule has 0 bridgehead atoms. The van der Waals surface area contributed by atoms with Crippen LogP contribution in [0.2, 0.25) is 5.02 Å². The van der Waals surface area contributed by atoms with Crippen LogP contribution in [-0.4, -0.2) is 29.4 Å². The number of benzene rings is 1. The van der Waals surface area contributed by atoms with Crippen molar-refractivity contribution < 1.29 is 0 Å². The van der Waals surface area contributed by atoms with Crippen molar-refractivity contribution in [1.29, 1.82) is 0 Å². The molecule has 0 unspecified atom stereocenters. The molecule has 0 aliphatic heterocycles. The van der Waals surface area contributed by atoms with Gasteiger partial charge in [-0.1, -0.05) is 17.7 Å². The zero-order valence-electron chi connectivity index (χ0n) is 10.9. The lowest BCUT2D eigenvalue weighted by Crippen LogP contribution is -2.01. The Morgan fingerprint density at radius 1 is 1.29 bits per heavy atom. The van der Waals surface area contributed by atoms with Gasteiger partial charge in [-0.05, 0) is 36.8 Å². The lowest BCUT2D eigenvalue weighted by atomic mass is 10.2. The molecule has 1 aromatic carbocycles. The molecule has 0 saturated carbocycles. The average molecular weight is 317 g/mol. The Balaban J connectivity index is 2.09. The minimum absolute atomic E-state index is 0.506. The number of halogens is 1. The van der Waals surface area contributed by atoms with Gasteiger partial charge in [0.15, 0.2) is 11.3 Å². The Bertz CT molecular complexity index is 1040. The third-order valence-corrected chi connectivity index (χ3v) is 3.91. The van der Waals surface area contributed by atoms with E-state index in [1.165, 1.54) is 0 Å². The van der Waals surface area contributed by atoms with E-state index in [1.54, 1.807) is 21.6 Å². The van der Waals surface area contributed by atoms with E-state index in [4.69, 9.17) is 23.8 Å². The van der Waals surface area contributed by atoms with Crippen LogP contribution in [0.3, 0.4) is 0 Å². The van der Waals surface area contributed by atoms with Crippen LogP contribution in [-0.2, 0) is 0 Å². The highest BCUT2D eigenvalue weighted by Crippen LogP contribution is 2.23. The lowest BCUT2D eigenvalue weighted by molar-refractivity contribution is 0.885. The lowest BCUT2D eigenvalue weighted by Gasteiger charge is -2.07. The molecular formula is C13H9ClN6S. The van der Waals surface area contributed by atoms with Gasteiger partial charge in [-0.15, -0.1) is 0 Å². The molecule has 3 aromatic heterocycles. The monoisotopic (exact) mass is 316 g/mol. The molecule has 1 N–H and O–H groups in total. The second-order valence-corrected chi connectivity index (χ2v) is 5.51. The quantitative estimate of drug-likeness (QED) is 0.548. The number of hydrogen-bond acceptors (Lipinski definition) is 4. The number of nitrogens with zero attached hydrogens (tertiary/aromatic N) is 5. The van der Waals surface area contributed by atoms with Gasteiger partial charge in [-0.2, -0.15) is 10.2 Å². The van der Waals surface area contributed by atoms with E-state index < -0.39 is 0 Å². The maximum Gasteiger partial charge on any atom is 0.200 e. The van der Waals surface area contributed by atoms with E-state index in [-0.39, 0.29) is 0 Å². The smallest absolute Gasteiger partial charge is 0.200 e. The summed E-state index contributed by atoms with van der Waals surface area (Å²) >= 11 is 11.2. The summed E-state index contributed by atoms with van der Waals surface area (Å²) in [4.78, 5) is 4.44. The molecule has 3 heterocycles. The Morgan fingerprint density at radius 2 is 2.14 bits per heavy atom. The summed E-state index contributed by atoms with van der Waals surface area (Å²) in [6.07, 6.45) is 3.37. The highest BCUT2D eigenvalue weighted by molar-refractivity contribution is 7.71. The fraction of sp³-hybridized carbons (Fsp3) is 0.0769. The molecule has 8 heteroatoms. The number of rotatable bonds is 1. The van der Waals surface area contributed by atoms with Gasteiger partial charge in [0.1, 0.15) is 6.33 Å². The molecule has 21 heavy (non-hydrogen) atoms. The molecule has 0 aliphatic rings. The van der Waals surface area contributed by atoms with Crippen LogP contribution in [0.15, 0.2) is 30.7 Å². The number of nitrogens with one attached hydrogen (secondary N) is 1. The number of fused-ring (bicyclic) bond motifs is 3. The van der Waals surface area contributed by atoms with Gasteiger partial charge in [0, 0.05) is 5.02 Å². The maximum atomic E-state index is 6.09. The summed E-state index contributed by atoms with van der Waals surface area (Å²) in [7, 11) is 0. The van der Waals surface area contributed by atoms with E-state index in [0.29, 0.717) is 21.1 Å². The maximum absolute atomic E-state index is 6.09. The Kier molecular flexibility index (Phi) is 2.60. The van der Waals surface area contributed by atoms with Crippen molar-refractivity contribution in [2.24, 2.45) is 0 Å². The minimum Gasteiger partial charge on any atom is -0.258 e. The topological polar surface area (TPSA) is 63.8 Å². The first-order valence-electron chi connectivity index (χ1n) is 6.21. The molecule has 0 radical (unpaired) electrons. The predicted octanol–water partition coefficient (Wildman–Crippen LogP) is 3.09. The third-order valence-electron chi connectivity index (χ3n) is 3.38.